The zero-order chi connectivity index (χ0) is 10.1. The summed E-state index contributed by atoms with van der Waals surface area (Å²) in [6.45, 7) is 9.31. The van der Waals surface area contributed by atoms with Gasteiger partial charge in [0.1, 0.15) is 0 Å². The van der Waals surface area contributed by atoms with Gasteiger partial charge in [-0.05, 0) is 0 Å². The van der Waals surface area contributed by atoms with Crippen molar-refractivity contribution in [1.29, 1.82) is 0 Å². The predicted molar refractivity (Wildman–Crippen MR) is 59.4 cm³/mol. The molecular formula is C10H24FP. The number of halogens is 1. The van der Waals surface area contributed by atoms with Gasteiger partial charge in [0, 0.05) is 0 Å². The first-order valence-electron chi connectivity index (χ1n) is 4.96. The van der Waals surface area contributed by atoms with E-state index in [1.54, 1.807) is 0 Å². The van der Waals surface area contributed by atoms with Crippen LogP contribution in [0.25, 0.3) is 0 Å². The molecule has 0 aliphatic heterocycles. The van der Waals surface area contributed by atoms with Gasteiger partial charge in [0.2, 0.25) is 0 Å². The van der Waals surface area contributed by atoms with Crippen LogP contribution in [0.15, 0.2) is 0 Å². The van der Waals surface area contributed by atoms with E-state index < -0.39 is 6.91 Å². The van der Waals surface area contributed by atoms with E-state index in [1.807, 2.05) is 20.8 Å². The summed E-state index contributed by atoms with van der Waals surface area (Å²) in [6.07, 6.45) is 2.21. The molecule has 0 aliphatic carbocycles. The van der Waals surface area contributed by atoms with Crippen molar-refractivity contribution in [1.82, 2.24) is 0 Å². The molecule has 12 heavy (non-hydrogen) atoms. The Kier molecular flexibility index (Phi) is 3.35. The van der Waals surface area contributed by atoms with Crippen LogP contribution in [0.5, 0.6) is 0 Å². The summed E-state index contributed by atoms with van der Waals surface area (Å²) in [7, 11) is 0. The third-order valence-electron chi connectivity index (χ3n) is 3.85. The van der Waals surface area contributed by atoms with Gasteiger partial charge >= 0.3 is 76.3 Å². The minimum absolute atomic E-state index is 0.135. The monoisotopic (exact) mass is 194 g/mol. The SMILES string of the molecule is CCP(F)(CC)(CC)C(C)(C)C. The van der Waals surface area contributed by atoms with E-state index >= 15 is 4.20 Å². The van der Waals surface area contributed by atoms with Gasteiger partial charge in [-0.1, -0.05) is 0 Å². The van der Waals surface area contributed by atoms with E-state index in [9.17, 15) is 0 Å². The molecule has 0 heterocycles. The maximum absolute atomic E-state index is 15.0. The third kappa shape index (κ3) is 1.53. The molecule has 0 spiro atoms. The Balaban J connectivity index is 5.11. The van der Waals surface area contributed by atoms with Crippen molar-refractivity contribution >= 4 is 6.91 Å². The quantitative estimate of drug-likeness (QED) is 0.588. The molecule has 2 heteroatoms. The number of hydrogen-bond acceptors (Lipinski definition) is 0. The summed E-state index contributed by atoms with van der Waals surface area (Å²) in [5, 5.41) is -0.135. The Bertz CT molecular complexity index is 143. The summed E-state index contributed by atoms with van der Waals surface area (Å²) in [4.78, 5) is 0. The Morgan fingerprint density at radius 1 is 0.917 bits per heavy atom. The second kappa shape index (κ2) is 3.25. The molecule has 0 rings (SSSR count). The maximum atomic E-state index is 15.0. The van der Waals surface area contributed by atoms with E-state index in [0.717, 1.165) is 18.5 Å². The molecular weight excluding hydrogens is 170 g/mol. The molecule has 0 radical (unpaired) electrons. The van der Waals surface area contributed by atoms with Crippen molar-refractivity contribution < 1.29 is 4.20 Å². The van der Waals surface area contributed by atoms with Crippen molar-refractivity contribution in [2.75, 3.05) is 18.5 Å². The van der Waals surface area contributed by atoms with E-state index in [0.29, 0.717) is 0 Å². The van der Waals surface area contributed by atoms with Gasteiger partial charge < -0.3 is 0 Å². The molecule has 0 nitrogen and oxygen atoms in total. The molecule has 0 aromatic rings. The zero-order valence-corrected chi connectivity index (χ0v) is 10.3. The van der Waals surface area contributed by atoms with Gasteiger partial charge in [-0.3, -0.25) is 0 Å². The molecule has 0 bridgehead atoms. The second-order valence-corrected chi connectivity index (χ2v) is 11.1. The van der Waals surface area contributed by atoms with Gasteiger partial charge in [-0.15, -0.1) is 0 Å². The average molecular weight is 194 g/mol. The van der Waals surface area contributed by atoms with Crippen LogP contribution in [0.2, 0.25) is 0 Å². The van der Waals surface area contributed by atoms with E-state index in [2.05, 4.69) is 20.8 Å². The van der Waals surface area contributed by atoms with Crippen molar-refractivity contribution in [2.24, 2.45) is 0 Å². The van der Waals surface area contributed by atoms with Gasteiger partial charge in [0.25, 0.3) is 0 Å². The summed E-state index contributed by atoms with van der Waals surface area (Å²) in [5.41, 5.74) is 0. The third-order valence-corrected chi connectivity index (χ3v) is 11.6. The van der Waals surface area contributed by atoms with Gasteiger partial charge in [0.05, 0.1) is 0 Å². The topological polar surface area (TPSA) is 0 Å². The minimum atomic E-state index is -2.89. The fourth-order valence-corrected chi connectivity index (χ4v) is 6.28. The molecule has 0 N–H and O–H groups in total. The first-order valence-corrected chi connectivity index (χ1v) is 7.65. The van der Waals surface area contributed by atoms with Gasteiger partial charge in [-0.2, -0.15) is 0 Å². The summed E-state index contributed by atoms with van der Waals surface area (Å²) >= 11 is 0. The number of hydrogen-bond donors (Lipinski definition) is 0. The number of rotatable bonds is 3. The Morgan fingerprint density at radius 2 is 1.17 bits per heavy atom. The van der Waals surface area contributed by atoms with Crippen molar-refractivity contribution in [3.63, 3.8) is 0 Å². The van der Waals surface area contributed by atoms with Crippen LogP contribution >= 0.6 is 6.91 Å². The van der Waals surface area contributed by atoms with Crippen LogP contribution in [-0.4, -0.2) is 23.6 Å². The summed E-state index contributed by atoms with van der Waals surface area (Å²) < 4.78 is 15.0. The Labute approximate surface area is 77.0 Å². The summed E-state index contributed by atoms with van der Waals surface area (Å²) in [5.74, 6) is 0. The molecule has 76 valence electrons. The zero-order valence-electron chi connectivity index (χ0n) is 9.45. The van der Waals surface area contributed by atoms with Crippen molar-refractivity contribution in [3.05, 3.63) is 0 Å². The molecule has 0 saturated carbocycles. The van der Waals surface area contributed by atoms with E-state index in [-0.39, 0.29) is 5.16 Å². The van der Waals surface area contributed by atoms with E-state index in [4.69, 9.17) is 0 Å². The van der Waals surface area contributed by atoms with Crippen LogP contribution < -0.4 is 0 Å². The molecule has 0 aromatic carbocycles. The molecule has 0 aliphatic rings. The standard InChI is InChI=1S/C10H24FP/c1-7-12(11,8-2,9-3)10(4,5)6/h7-9H2,1-6H3. The molecule has 0 fully saturated rings. The Morgan fingerprint density at radius 3 is 1.17 bits per heavy atom. The van der Waals surface area contributed by atoms with Gasteiger partial charge in [0.15, 0.2) is 0 Å². The molecule has 0 amide bonds. The Hall–Kier alpha value is 0.360. The van der Waals surface area contributed by atoms with Gasteiger partial charge in [-0.25, -0.2) is 0 Å². The van der Waals surface area contributed by atoms with Crippen LogP contribution in [0.3, 0.4) is 0 Å². The normalized spacial score (nSPS) is 17.1. The van der Waals surface area contributed by atoms with Crippen LogP contribution in [0.1, 0.15) is 41.5 Å². The molecule has 0 aromatic heterocycles. The fraction of sp³-hybridized carbons (Fsp3) is 1.00. The predicted octanol–water partition coefficient (Wildman–Crippen LogP) is 4.28. The van der Waals surface area contributed by atoms with Crippen molar-refractivity contribution in [3.8, 4) is 0 Å². The van der Waals surface area contributed by atoms with Crippen molar-refractivity contribution in [2.45, 2.75) is 46.7 Å². The molecule has 0 unspecified atom stereocenters. The first-order chi connectivity index (χ1) is 5.24. The van der Waals surface area contributed by atoms with Crippen LogP contribution in [-0.2, 0) is 0 Å². The second-order valence-electron chi connectivity index (χ2n) is 4.71. The summed E-state index contributed by atoms with van der Waals surface area (Å²) in [6, 6.07) is 0. The molecule has 0 saturated heterocycles. The van der Waals surface area contributed by atoms with E-state index in [1.165, 1.54) is 0 Å². The first kappa shape index (κ1) is 12.4. The average Bonchev–Trinajstić information content (AvgIpc) is 2.01. The molecule has 0 atom stereocenters. The van der Waals surface area contributed by atoms with Crippen LogP contribution in [0.4, 0.5) is 4.20 Å². The fourth-order valence-electron chi connectivity index (χ4n) is 2.09. The van der Waals surface area contributed by atoms with Crippen LogP contribution in [0, 0.1) is 0 Å².